The lowest BCUT2D eigenvalue weighted by molar-refractivity contribution is 0.112. The number of benzene rings is 2. The van der Waals surface area contributed by atoms with Crippen LogP contribution in [0.5, 0.6) is 11.5 Å². The standard InChI is InChI=1S/C13H8ClFO2/c14-10-5-1-2-7-12(10)17-13-9(8-16)4-3-6-11(13)15/h1-8H. The monoisotopic (exact) mass is 250 g/mol. The fourth-order valence-electron chi connectivity index (χ4n) is 1.36. The SMILES string of the molecule is O=Cc1cccc(F)c1Oc1ccccc1Cl. The van der Waals surface area contributed by atoms with Crippen molar-refractivity contribution in [3.63, 3.8) is 0 Å². The molecule has 0 aliphatic rings. The van der Waals surface area contributed by atoms with E-state index >= 15 is 0 Å². The van der Waals surface area contributed by atoms with Crippen LogP contribution < -0.4 is 4.74 Å². The number of hydrogen-bond donors (Lipinski definition) is 0. The van der Waals surface area contributed by atoms with E-state index in [9.17, 15) is 9.18 Å². The molecule has 86 valence electrons. The van der Waals surface area contributed by atoms with E-state index in [2.05, 4.69) is 0 Å². The van der Waals surface area contributed by atoms with E-state index in [4.69, 9.17) is 16.3 Å². The molecule has 0 saturated heterocycles. The molecule has 2 aromatic carbocycles. The predicted molar refractivity (Wildman–Crippen MR) is 63.3 cm³/mol. The van der Waals surface area contributed by atoms with Crippen molar-refractivity contribution in [1.82, 2.24) is 0 Å². The van der Waals surface area contributed by atoms with Crippen LogP contribution in [0.3, 0.4) is 0 Å². The number of aldehydes is 1. The summed E-state index contributed by atoms with van der Waals surface area (Å²) < 4.78 is 18.9. The van der Waals surface area contributed by atoms with Gasteiger partial charge in [-0.15, -0.1) is 0 Å². The van der Waals surface area contributed by atoms with E-state index in [1.807, 2.05) is 0 Å². The van der Waals surface area contributed by atoms with Crippen LogP contribution in [0.15, 0.2) is 42.5 Å². The van der Waals surface area contributed by atoms with E-state index < -0.39 is 5.82 Å². The maximum atomic E-state index is 13.5. The highest BCUT2D eigenvalue weighted by atomic mass is 35.5. The first-order valence-corrected chi connectivity index (χ1v) is 5.26. The molecule has 17 heavy (non-hydrogen) atoms. The van der Waals surface area contributed by atoms with Crippen molar-refractivity contribution in [2.75, 3.05) is 0 Å². The predicted octanol–water partition coefficient (Wildman–Crippen LogP) is 4.08. The van der Waals surface area contributed by atoms with Crippen molar-refractivity contribution < 1.29 is 13.9 Å². The zero-order valence-corrected chi connectivity index (χ0v) is 9.45. The van der Waals surface area contributed by atoms with E-state index in [1.54, 1.807) is 24.3 Å². The summed E-state index contributed by atoms with van der Waals surface area (Å²) >= 11 is 5.89. The van der Waals surface area contributed by atoms with Crippen molar-refractivity contribution in [2.45, 2.75) is 0 Å². The van der Waals surface area contributed by atoms with Crippen molar-refractivity contribution in [1.29, 1.82) is 0 Å². The molecule has 0 fully saturated rings. The van der Waals surface area contributed by atoms with Crippen LogP contribution in [0.4, 0.5) is 4.39 Å². The Balaban J connectivity index is 2.43. The minimum absolute atomic E-state index is 0.115. The number of halogens is 2. The van der Waals surface area contributed by atoms with Crippen LogP contribution in [0.25, 0.3) is 0 Å². The van der Waals surface area contributed by atoms with Gasteiger partial charge in [0.15, 0.2) is 17.9 Å². The molecule has 0 saturated carbocycles. The molecule has 0 spiro atoms. The van der Waals surface area contributed by atoms with Gasteiger partial charge in [-0.25, -0.2) is 4.39 Å². The minimum Gasteiger partial charge on any atom is -0.452 e. The molecular formula is C13H8ClFO2. The summed E-state index contributed by atoms with van der Waals surface area (Å²) in [7, 11) is 0. The average Bonchev–Trinajstić information content (AvgIpc) is 2.34. The van der Waals surface area contributed by atoms with Crippen LogP contribution in [-0.4, -0.2) is 6.29 Å². The molecule has 0 N–H and O–H groups in total. The van der Waals surface area contributed by atoms with Gasteiger partial charge in [-0.1, -0.05) is 29.8 Å². The van der Waals surface area contributed by atoms with Gasteiger partial charge >= 0.3 is 0 Å². The first-order chi connectivity index (χ1) is 8.22. The summed E-state index contributed by atoms with van der Waals surface area (Å²) in [5.74, 6) is -0.410. The van der Waals surface area contributed by atoms with E-state index in [1.165, 1.54) is 18.2 Å². The number of carbonyl (C=O) groups excluding carboxylic acids is 1. The zero-order chi connectivity index (χ0) is 12.3. The van der Waals surface area contributed by atoms with Crippen LogP contribution in [0, 0.1) is 5.82 Å². The highest BCUT2D eigenvalue weighted by molar-refractivity contribution is 6.32. The Morgan fingerprint density at radius 3 is 2.59 bits per heavy atom. The van der Waals surface area contributed by atoms with Gasteiger partial charge in [0, 0.05) is 0 Å². The summed E-state index contributed by atoms with van der Waals surface area (Å²) in [6.07, 6.45) is 0.537. The number of hydrogen-bond acceptors (Lipinski definition) is 2. The molecule has 0 aliphatic carbocycles. The Bertz CT molecular complexity index is 555. The Morgan fingerprint density at radius 2 is 1.88 bits per heavy atom. The average molecular weight is 251 g/mol. The lowest BCUT2D eigenvalue weighted by Gasteiger charge is -2.09. The normalized spacial score (nSPS) is 10.0. The third kappa shape index (κ3) is 2.45. The third-order valence-corrected chi connectivity index (χ3v) is 2.49. The third-order valence-electron chi connectivity index (χ3n) is 2.17. The van der Waals surface area contributed by atoms with E-state index in [-0.39, 0.29) is 11.3 Å². The van der Waals surface area contributed by atoms with E-state index in [0.717, 1.165) is 0 Å². The molecular weight excluding hydrogens is 243 g/mol. The first-order valence-electron chi connectivity index (χ1n) is 4.88. The molecule has 0 amide bonds. The number of rotatable bonds is 3. The van der Waals surface area contributed by atoms with Gasteiger partial charge in [0.1, 0.15) is 5.75 Å². The van der Waals surface area contributed by atoms with Gasteiger partial charge in [-0.3, -0.25) is 4.79 Å². The lowest BCUT2D eigenvalue weighted by atomic mass is 10.2. The second kappa shape index (κ2) is 4.97. The molecule has 0 heterocycles. The van der Waals surface area contributed by atoms with Crippen molar-refractivity contribution in [3.8, 4) is 11.5 Å². The van der Waals surface area contributed by atoms with Crippen LogP contribution in [-0.2, 0) is 0 Å². The van der Waals surface area contributed by atoms with Gasteiger partial charge in [0.2, 0.25) is 0 Å². The van der Waals surface area contributed by atoms with Crippen molar-refractivity contribution in [2.24, 2.45) is 0 Å². The Labute approximate surface area is 103 Å². The van der Waals surface area contributed by atoms with Crippen LogP contribution >= 0.6 is 11.6 Å². The first kappa shape index (κ1) is 11.6. The fourth-order valence-corrected chi connectivity index (χ4v) is 1.54. The molecule has 0 aliphatic heterocycles. The number of para-hydroxylation sites is 2. The Hall–Kier alpha value is -1.87. The fraction of sp³-hybridized carbons (Fsp3) is 0. The molecule has 0 atom stereocenters. The van der Waals surface area contributed by atoms with Crippen LogP contribution in [0.2, 0.25) is 5.02 Å². The maximum absolute atomic E-state index is 13.5. The zero-order valence-electron chi connectivity index (χ0n) is 8.69. The molecule has 2 aromatic rings. The molecule has 2 nitrogen and oxygen atoms in total. The largest absolute Gasteiger partial charge is 0.452 e. The summed E-state index contributed by atoms with van der Waals surface area (Å²) in [6.45, 7) is 0. The smallest absolute Gasteiger partial charge is 0.173 e. The Kier molecular flexibility index (Phi) is 3.40. The minimum atomic E-state index is -0.602. The summed E-state index contributed by atoms with van der Waals surface area (Å²) in [5.41, 5.74) is 0.143. The highest BCUT2D eigenvalue weighted by Gasteiger charge is 2.11. The molecule has 2 rings (SSSR count). The molecule has 0 radical (unpaired) electrons. The topological polar surface area (TPSA) is 26.3 Å². The van der Waals surface area contributed by atoms with Gasteiger partial charge in [-0.2, -0.15) is 0 Å². The lowest BCUT2D eigenvalue weighted by Crippen LogP contribution is -1.94. The molecule has 0 bridgehead atoms. The van der Waals surface area contributed by atoms with Gasteiger partial charge in [0.25, 0.3) is 0 Å². The quantitative estimate of drug-likeness (QED) is 0.767. The van der Waals surface area contributed by atoms with Gasteiger partial charge in [0.05, 0.1) is 10.6 Å². The Morgan fingerprint density at radius 1 is 1.12 bits per heavy atom. The van der Waals surface area contributed by atoms with Gasteiger partial charge < -0.3 is 4.74 Å². The molecule has 4 heteroatoms. The maximum Gasteiger partial charge on any atom is 0.173 e. The van der Waals surface area contributed by atoms with Crippen molar-refractivity contribution in [3.05, 3.63) is 58.9 Å². The molecule has 0 unspecified atom stereocenters. The second-order valence-electron chi connectivity index (χ2n) is 3.31. The second-order valence-corrected chi connectivity index (χ2v) is 3.72. The highest BCUT2D eigenvalue weighted by Crippen LogP contribution is 2.32. The van der Waals surface area contributed by atoms with Crippen LogP contribution in [0.1, 0.15) is 10.4 Å². The van der Waals surface area contributed by atoms with E-state index in [0.29, 0.717) is 17.1 Å². The van der Waals surface area contributed by atoms with Gasteiger partial charge in [-0.05, 0) is 24.3 Å². The summed E-state index contributed by atoms with van der Waals surface area (Å²) in [6, 6.07) is 10.8. The number of ether oxygens (including phenoxy) is 1. The molecule has 0 aromatic heterocycles. The number of carbonyl (C=O) groups is 1. The summed E-state index contributed by atoms with van der Waals surface area (Å²) in [4.78, 5) is 10.8. The van der Waals surface area contributed by atoms with Crippen molar-refractivity contribution >= 4 is 17.9 Å². The summed E-state index contributed by atoms with van der Waals surface area (Å²) in [5, 5.41) is 0.354.